The first-order valence-electron chi connectivity index (χ1n) is 8.51. The summed E-state index contributed by atoms with van der Waals surface area (Å²) in [6.07, 6.45) is -3.03. The molecule has 11 heteroatoms. The van der Waals surface area contributed by atoms with Gasteiger partial charge in [-0.3, -0.25) is 14.7 Å². The van der Waals surface area contributed by atoms with Gasteiger partial charge in [0.1, 0.15) is 0 Å². The molecule has 0 spiro atoms. The number of aliphatic imine (C=N–C) groups is 1. The van der Waals surface area contributed by atoms with Gasteiger partial charge < -0.3 is 16.0 Å². The van der Waals surface area contributed by atoms with E-state index in [2.05, 4.69) is 20.9 Å². The number of hydrogen-bond acceptors (Lipinski definition) is 3. The minimum Gasteiger partial charge on any atom is -0.357 e. The Hall–Kier alpha value is -1.27. The fourth-order valence-corrected chi connectivity index (χ4v) is 3.02. The predicted molar refractivity (Wildman–Crippen MR) is 101 cm³/mol. The van der Waals surface area contributed by atoms with Gasteiger partial charge in [0.25, 0.3) is 0 Å². The predicted octanol–water partition coefficient (Wildman–Crippen LogP) is 1.83. The number of carbonyl (C=O) groups excluding carboxylic acids is 2. The third-order valence-corrected chi connectivity index (χ3v) is 4.41. The molecule has 2 fully saturated rings. The zero-order valence-corrected chi connectivity index (χ0v) is 16.9. The lowest BCUT2D eigenvalue weighted by atomic mass is 9.85. The highest BCUT2D eigenvalue weighted by atomic mass is 127. The lowest BCUT2D eigenvalue weighted by Gasteiger charge is -2.31. The minimum absolute atomic E-state index is 0. The van der Waals surface area contributed by atoms with Crippen molar-refractivity contribution in [3.63, 3.8) is 0 Å². The van der Waals surface area contributed by atoms with E-state index in [0.717, 1.165) is 4.90 Å². The molecule has 2 rings (SSSR count). The minimum atomic E-state index is -4.12. The van der Waals surface area contributed by atoms with E-state index in [-0.39, 0.29) is 68.4 Å². The quantitative estimate of drug-likeness (QED) is 0.237. The van der Waals surface area contributed by atoms with Crippen LogP contribution in [0.3, 0.4) is 0 Å². The summed E-state index contributed by atoms with van der Waals surface area (Å²) in [5, 5.41) is 8.61. The lowest BCUT2D eigenvalue weighted by molar-refractivity contribution is -0.182. The number of nitrogens with one attached hydrogen (secondary N) is 3. The molecule has 3 N–H and O–H groups in total. The number of imide groups is 1. The van der Waals surface area contributed by atoms with Crippen LogP contribution in [0.5, 0.6) is 0 Å². The van der Waals surface area contributed by atoms with E-state index in [9.17, 15) is 22.8 Å². The molecule has 0 atom stereocenters. The van der Waals surface area contributed by atoms with Crippen molar-refractivity contribution in [3.05, 3.63) is 0 Å². The van der Waals surface area contributed by atoms with Crippen LogP contribution in [0.15, 0.2) is 4.99 Å². The molecule has 1 heterocycles. The first kappa shape index (κ1) is 22.8. The normalized spacial score (nSPS) is 24.2. The van der Waals surface area contributed by atoms with Gasteiger partial charge in [0, 0.05) is 12.6 Å². The van der Waals surface area contributed by atoms with Crippen molar-refractivity contribution in [1.82, 2.24) is 20.9 Å². The first-order chi connectivity index (χ1) is 11.8. The van der Waals surface area contributed by atoms with Crippen molar-refractivity contribution in [2.24, 2.45) is 10.9 Å². The lowest BCUT2D eigenvalue weighted by Crippen LogP contribution is -2.46. The molecule has 3 amide bonds. The summed E-state index contributed by atoms with van der Waals surface area (Å²) in [7, 11) is 0. The zero-order valence-electron chi connectivity index (χ0n) is 14.6. The molecule has 150 valence electrons. The topological polar surface area (TPSA) is 85.8 Å². The van der Waals surface area contributed by atoms with Crippen LogP contribution < -0.4 is 16.0 Å². The number of carbonyl (C=O) groups is 2. The van der Waals surface area contributed by atoms with Crippen molar-refractivity contribution < 1.29 is 22.8 Å². The highest BCUT2D eigenvalue weighted by molar-refractivity contribution is 14.0. The van der Waals surface area contributed by atoms with Crippen molar-refractivity contribution in [1.29, 1.82) is 0 Å². The van der Waals surface area contributed by atoms with Crippen molar-refractivity contribution in [2.45, 2.75) is 44.8 Å². The van der Waals surface area contributed by atoms with Crippen LogP contribution in [0.1, 0.15) is 32.6 Å². The monoisotopic (exact) mass is 491 g/mol. The van der Waals surface area contributed by atoms with Gasteiger partial charge in [0.15, 0.2) is 5.96 Å². The van der Waals surface area contributed by atoms with E-state index in [1.165, 1.54) is 0 Å². The fraction of sp³-hybridized carbons (Fsp3) is 0.800. The van der Waals surface area contributed by atoms with Gasteiger partial charge >= 0.3 is 12.2 Å². The molecule has 0 bridgehead atoms. The molecule has 0 unspecified atom stereocenters. The zero-order chi connectivity index (χ0) is 18.4. The summed E-state index contributed by atoms with van der Waals surface area (Å²) in [5.74, 6) is -1.02. The van der Waals surface area contributed by atoms with Gasteiger partial charge in [-0.05, 0) is 32.6 Å². The maximum atomic E-state index is 12.7. The fourth-order valence-electron chi connectivity index (χ4n) is 3.02. The smallest absolute Gasteiger partial charge is 0.357 e. The Morgan fingerprint density at radius 2 is 1.92 bits per heavy atom. The Morgan fingerprint density at radius 3 is 2.42 bits per heavy atom. The summed E-state index contributed by atoms with van der Waals surface area (Å²) in [6, 6.07) is -0.489. The van der Waals surface area contributed by atoms with E-state index in [0.29, 0.717) is 25.3 Å². The summed E-state index contributed by atoms with van der Waals surface area (Å²) >= 11 is 0. The third kappa shape index (κ3) is 6.47. The number of nitrogens with zero attached hydrogens (tertiary/aromatic N) is 2. The van der Waals surface area contributed by atoms with E-state index in [4.69, 9.17) is 0 Å². The summed E-state index contributed by atoms with van der Waals surface area (Å²) in [5.41, 5.74) is 0. The summed E-state index contributed by atoms with van der Waals surface area (Å²) in [4.78, 5) is 28.3. The van der Waals surface area contributed by atoms with Crippen molar-refractivity contribution in [2.75, 3.05) is 26.2 Å². The summed E-state index contributed by atoms with van der Waals surface area (Å²) < 4.78 is 38.1. The number of rotatable bonds is 5. The van der Waals surface area contributed by atoms with Gasteiger partial charge in [-0.2, -0.15) is 13.2 Å². The number of guanidine groups is 1. The summed E-state index contributed by atoms with van der Waals surface area (Å²) in [6.45, 7) is 2.89. The number of urea groups is 1. The van der Waals surface area contributed by atoms with E-state index < -0.39 is 18.1 Å². The second-order valence-electron chi connectivity index (χ2n) is 6.20. The van der Waals surface area contributed by atoms with Crippen LogP contribution in [0.4, 0.5) is 18.0 Å². The number of hydrogen-bond donors (Lipinski definition) is 3. The molecule has 1 saturated carbocycles. The highest BCUT2D eigenvalue weighted by Crippen LogP contribution is 2.37. The molecule has 7 nitrogen and oxygen atoms in total. The molecule has 0 aromatic carbocycles. The first-order valence-corrected chi connectivity index (χ1v) is 8.51. The molecule has 26 heavy (non-hydrogen) atoms. The molecule has 0 aromatic heterocycles. The molecule has 0 radical (unpaired) electrons. The largest absolute Gasteiger partial charge is 0.391 e. The second kappa shape index (κ2) is 10.2. The van der Waals surface area contributed by atoms with Gasteiger partial charge in [-0.15, -0.1) is 24.0 Å². The molecule has 1 aliphatic carbocycles. The molecule has 1 saturated heterocycles. The standard InChI is InChI=1S/C15H24F3N5O2.HI/c1-2-19-13(20-7-8-23-12(24)9-21-14(23)25)22-11-5-3-10(4-6-11)15(16,17)18;/h10-11H,2-9H2,1H3,(H,21,25)(H2,19,20,22);1H. The highest BCUT2D eigenvalue weighted by Gasteiger charge is 2.41. The molecule has 1 aliphatic heterocycles. The van der Waals surface area contributed by atoms with E-state index >= 15 is 0 Å². The Labute approximate surface area is 167 Å². The Bertz CT molecular complexity index is 506. The van der Waals surface area contributed by atoms with Crippen LogP contribution in [0, 0.1) is 5.92 Å². The van der Waals surface area contributed by atoms with Crippen LogP contribution >= 0.6 is 24.0 Å². The maximum absolute atomic E-state index is 12.7. The van der Waals surface area contributed by atoms with Gasteiger partial charge in [-0.1, -0.05) is 0 Å². The Morgan fingerprint density at radius 1 is 1.27 bits per heavy atom. The average Bonchev–Trinajstić information content (AvgIpc) is 2.86. The number of amides is 3. The SMILES string of the molecule is CCNC(=NCCN1C(=O)CNC1=O)NC1CCC(C(F)(F)F)CC1.I. The van der Waals surface area contributed by atoms with E-state index in [1.54, 1.807) is 0 Å². The van der Waals surface area contributed by atoms with Crippen LogP contribution in [-0.2, 0) is 4.79 Å². The number of alkyl halides is 3. The Balaban J connectivity index is 0.00000338. The molecule has 2 aliphatic rings. The average molecular weight is 491 g/mol. The third-order valence-electron chi connectivity index (χ3n) is 4.41. The van der Waals surface area contributed by atoms with Crippen LogP contribution in [0.25, 0.3) is 0 Å². The van der Waals surface area contributed by atoms with Crippen LogP contribution in [0.2, 0.25) is 0 Å². The van der Waals surface area contributed by atoms with Crippen LogP contribution in [-0.4, -0.2) is 61.2 Å². The molecular weight excluding hydrogens is 466 g/mol. The van der Waals surface area contributed by atoms with Gasteiger partial charge in [-0.25, -0.2) is 4.79 Å². The molecular formula is C15H25F3IN5O2. The molecule has 0 aromatic rings. The van der Waals surface area contributed by atoms with Crippen molar-refractivity contribution in [3.8, 4) is 0 Å². The maximum Gasteiger partial charge on any atom is 0.391 e. The Kier molecular flexibility index (Phi) is 8.90. The van der Waals surface area contributed by atoms with Gasteiger partial charge in [0.05, 0.1) is 25.6 Å². The van der Waals surface area contributed by atoms with Crippen molar-refractivity contribution >= 4 is 41.9 Å². The van der Waals surface area contributed by atoms with Gasteiger partial charge in [0.2, 0.25) is 5.91 Å². The second-order valence-corrected chi connectivity index (χ2v) is 6.20. The number of halogens is 4. The van der Waals surface area contributed by atoms with E-state index in [1.807, 2.05) is 6.92 Å².